The molecular formula is C29H37NO11. The van der Waals surface area contributed by atoms with E-state index in [1.165, 1.54) is 25.3 Å². The minimum Gasteiger partial charge on any atom is -0.468 e. The molecule has 2 N–H and O–H groups in total. The van der Waals surface area contributed by atoms with Crippen LogP contribution in [-0.4, -0.2) is 56.9 Å². The maximum Gasteiger partial charge on any atom is 0.513 e. The van der Waals surface area contributed by atoms with Gasteiger partial charge in [-0.2, -0.15) is 0 Å². The molecule has 0 aliphatic heterocycles. The Bertz CT molecular complexity index is 1140. The molecule has 2 aromatic rings. The van der Waals surface area contributed by atoms with E-state index in [1.54, 1.807) is 30.3 Å². The van der Waals surface area contributed by atoms with Gasteiger partial charge in [0.25, 0.3) is 0 Å². The lowest BCUT2D eigenvalue weighted by Gasteiger charge is -2.26. The summed E-state index contributed by atoms with van der Waals surface area (Å²) in [5.41, 5.74) is 5.18. The van der Waals surface area contributed by atoms with Crippen molar-refractivity contribution in [2.45, 2.75) is 57.9 Å². The quantitative estimate of drug-likeness (QED) is 0.126. The molecule has 2 aromatic carbocycles. The lowest BCUT2D eigenvalue weighted by atomic mass is 9.88. The molecule has 12 heteroatoms. The Morgan fingerprint density at radius 2 is 1.29 bits per heavy atom. The Kier molecular flexibility index (Phi) is 13.9. The van der Waals surface area contributed by atoms with Gasteiger partial charge < -0.3 is 38.9 Å². The number of hydrogen-bond donors (Lipinski definition) is 1. The van der Waals surface area contributed by atoms with Crippen molar-refractivity contribution >= 4 is 24.4 Å². The van der Waals surface area contributed by atoms with E-state index in [1.807, 2.05) is 13.8 Å². The highest BCUT2D eigenvalue weighted by Crippen LogP contribution is 2.31. The second kappa shape index (κ2) is 17.4. The molecule has 0 bridgehead atoms. The van der Waals surface area contributed by atoms with Crippen LogP contribution >= 0.6 is 0 Å². The fourth-order valence-electron chi connectivity index (χ4n) is 3.43. The van der Waals surface area contributed by atoms with Crippen molar-refractivity contribution < 1.29 is 52.3 Å². The summed E-state index contributed by atoms with van der Waals surface area (Å²) >= 11 is 0. The zero-order chi connectivity index (χ0) is 30.1. The zero-order valence-electron chi connectivity index (χ0n) is 23.6. The van der Waals surface area contributed by atoms with Gasteiger partial charge in [-0.15, -0.1) is 0 Å². The highest BCUT2D eigenvalue weighted by Gasteiger charge is 2.36. The van der Waals surface area contributed by atoms with E-state index in [0.29, 0.717) is 24.2 Å². The van der Waals surface area contributed by atoms with Crippen LogP contribution in [0, 0.1) is 0 Å². The van der Waals surface area contributed by atoms with Crippen molar-refractivity contribution in [2.24, 2.45) is 5.73 Å². The normalized spacial score (nSPS) is 11.9. The summed E-state index contributed by atoms with van der Waals surface area (Å²) in [7, 11) is 1.18. The number of hydrogen-bond acceptors (Lipinski definition) is 12. The van der Waals surface area contributed by atoms with Gasteiger partial charge in [0, 0.05) is 12.8 Å². The number of ether oxygens (including phenoxy) is 7. The van der Waals surface area contributed by atoms with Crippen molar-refractivity contribution in [2.75, 3.05) is 26.9 Å². The lowest BCUT2D eigenvalue weighted by Crippen LogP contribution is -2.51. The number of unbranched alkanes of at least 4 members (excludes halogenated alkanes) is 2. The third-order valence-electron chi connectivity index (χ3n) is 5.65. The predicted octanol–water partition coefficient (Wildman–Crippen LogP) is 5.34. The lowest BCUT2D eigenvalue weighted by molar-refractivity contribution is -0.147. The van der Waals surface area contributed by atoms with Crippen LogP contribution in [-0.2, 0) is 30.2 Å². The zero-order valence-corrected chi connectivity index (χ0v) is 23.6. The van der Waals surface area contributed by atoms with Crippen LogP contribution in [0.4, 0.5) is 14.4 Å². The van der Waals surface area contributed by atoms with Gasteiger partial charge in [-0.1, -0.05) is 51.0 Å². The van der Waals surface area contributed by atoms with Crippen molar-refractivity contribution in [3.8, 4) is 17.2 Å². The summed E-state index contributed by atoms with van der Waals surface area (Å²) in [6.45, 7) is 3.93. The fourth-order valence-corrected chi connectivity index (χ4v) is 3.43. The summed E-state index contributed by atoms with van der Waals surface area (Å²) < 4.78 is 35.6. The molecule has 0 saturated heterocycles. The molecule has 0 spiro atoms. The van der Waals surface area contributed by atoms with Gasteiger partial charge in [-0.05, 0) is 42.7 Å². The molecule has 2 rings (SSSR count). The van der Waals surface area contributed by atoms with E-state index in [4.69, 9.17) is 38.9 Å². The van der Waals surface area contributed by atoms with Crippen LogP contribution in [0.1, 0.15) is 51.5 Å². The molecule has 0 heterocycles. The molecule has 0 fully saturated rings. The van der Waals surface area contributed by atoms with Gasteiger partial charge in [0.1, 0.15) is 11.3 Å². The SMILES string of the molecule is CCCCOC(=O)Oc1ccc(C[C@](N)(CCOC(=O)Oc2ccccc2)C(=O)OC)cc1OC(=O)OCCCC. The maximum atomic E-state index is 12.6. The average molecular weight is 576 g/mol. The summed E-state index contributed by atoms with van der Waals surface area (Å²) in [6, 6.07) is 12.6. The van der Waals surface area contributed by atoms with E-state index in [0.717, 1.165) is 12.8 Å². The number of carbonyl (C=O) groups excluding carboxylic acids is 4. The van der Waals surface area contributed by atoms with Crippen LogP contribution in [0.2, 0.25) is 0 Å². The Balaban J connectivity index is 2.16. The average Bonchev–Trinajstić information content (AvgIpc) is 2.94. The van der Waals surface area contributed by atoms with Gasteiger partial charge in [0.15, 0.2) is 11.5 Å². The minimum absolute atomic E-state index is 0.102. The van der Waals surface area contributed by atoms with Gasteiger partial charge in [0.05, 0.1) is 26.9 Å². The standard InChI is InChI=1S/C29H37NO11/c1-4-6-16-36-27(33)40-23-14-13-21(19-24(23)41-28(34)37-17-7-5-2)20-29(30,25(31)35-3)15-18-38-26(32)39-22-11-9-8-10-12-22/h8-14,19H,4-7,15-18,20,30H2,1-3H3/t29-/m1/s1. The van der Waals surface area contributed by atoms with Crippen molar-refractivity contribution in [3.05, 3.63) is 54.1 Å². The van der Waals surface area contributed by atoms with E-state index in [2.05, 4.69) is 0 Å². The molecule has 0 saturated carbocycles. The smallest absolute Gasteiger partial charge is 0.468 e. The van der Waals surface area contributed by atoms with Crippen LogP contribution in [0.25, 0.3) is 0 Å². The molecule has 1 atom stereocenters. The molecule has 0 aliphatic carbocycles. The number of nitrogens with two attached hydrogens (primary N) is 1. The van der Waals surface area contributed by atoms with Crippen LogP contribution in [0.3, 0.4) is 0 Å². The largest absolute Gasteiger partial charge is 0.513 e. The summed E-state index contributed by atoms with van der Waals surface area (Å²) in [5.74, 6) is -0.720. The maximum absolute atomic E-state index is 12.6. The molecule has 0 radical (unpaired) electrons. The van der Waals surface area contributed by atoms with E-state index in [9.17, 15) is 19.2 Å². The second-order valence-corrected chi connectivity index (χ2v) is 8.98. The Labute approximate surface area is 238 Å². The first kappa shape index (κ1) is 32.9. The number of para-hydroxylation sites is 1. The fraction of sp³-hybridized carbons (Fsp3) is 0.448. The Morgan fingerprint density at radius 1 is 0.732 bits per heavy atom. The Morgan fingerprint density at radius 3 is 1.88 bits per heavy atom. The first-order valence-corrected chi connectivity index (χ1v) is 13.3. The predicted molar refractivity (Wildman–Crippen MR) is 146 cm³/mol. The summed E-state index contributed by atoms with van der Waals surface area (Å²) in [4.78, 5) is 49.0. The molecule has 12 nitrogen and oxygen atoms in total. The third-order valence-corrected chi connectivity index (χ3v) is 5.65. The number of methoxy groups -OCH3 is 1. The van der Waals surface area contributed by atoms with Crippen LogP contribution < -0.4 is 19.9 Å². The number of esters is 1. The summed E-state index contributed by atoms with van der Waals surface area (Å²) in [5, 5.41) is 0. The number of carbonyl (C=O) groups is 4. The molecule has 224 valence electrons. The number of rotatable bonds is 15. The minimum atomic E-state index is -1.64. The van der Waals surface area contributed by atoms with Crippen molar-refractivity contribution in [1.82, 2.24) is 0 Å². The first-order chi connectivity index (χ1) is 19.7. The first-order valence-electron chi connectivity index (χ1n) is 13.3. The van der Waals surface area contributed by atoms with Crippen molar-refractivity contribution in [3.63, 3.8) is 0 Å². The van der Waals surface area contributed by atoms with E-state index >= 15 is 0 Å². The molecular weight excluding hydrogens is 538 g/mol. The molecule has 0 amide bonds. The topological polar surface area (TPSA) is 159 Å². The third kappa shape index (κ3) is 11.8. The van der Waals surface area contributed by atoms with E-state index < -0.39 is 30.0 Å². The van der Waals surface area contributed by atoms with Crippen molar-refractivity contribution in [1.29, 1.82) is 0 Å². The van der Waals surface area contributed by atoms with Crippen LogP contribution in [0.5, 0.6) is 17.2 Å². The highest BCUT2D eigenvalue weighted by atomic mass is 16.7. The monoisotopic (exact) mass is 575 g/mol. The molecule has 41 heavy (non-hydrogen) atoms. The highest BCUT2D eigenvalue weighted by molar-refractivity contribution is 5.81. The van der Waals surface area contributed by atoms with E-state index in [-0.39, 0.29) is 44.2 Å². The van der Waals surface area contributed by atoms with Crippen LogP contribution in [0.15, 0.2) is 48.5 Å². The second-order valence-electron chi connectivity index (χ2n) is 8.98. The van der Waals surface area contributed by atoms with Gasteiger partial charge >= 0.3 is 24.4 Å². The van der Waals surface area contributed by atoms with Gasteiger partial charge in [-0.25, -0.2) is 14.4 Å². The molecule has 0 unspecified atom stereocenters. The molecule has 0 aromatic heterocycles. The van der Waals surface area contributed by atoms with Gasteiger partial charge in [0.2, 0.25) is 0 Å². The summed E-state index contributed by atoms with van der Waals surface area (Å²) in [6.07, 6.45) is -0.262. The number of benzene rings is 2. The Hall–Kier alpha value is -4.32. The molecule has 0 aliphatic rings. The van der Waals surface area contributed by atoms with Gasteiger partial charge in [-0.3, -0.25) is 4.79 Å².